The lowest BCUT2D eigenvalue weighted by atomic mass is 9.95. The summed E-state index contributed by atoms with van der Waals surface area (Å²) in [6, 6.07) is 7.19. The molecule has 110 valence electrons. The Morgan fingerprint density at radius 1 is 1.20 bits per heavy atom. The second kappa shape index (κ2) is 6.59. The monoisotopic (exact) mass is 274 g/mol. The number of rotatable bonds is 3. The maximum atomic E-state index is 5.63. The second-order valence-electron chi connectivity index (χ2n) is 5.89. The van der Waals surface area contributed by atoms with E-state index in [1.54, 1.807) is 0 Å². The van der Waals surface area contributed by atoms with Crippen LogP contribution in [0.25, 0.3) is 0 Å². The van der Waals surface area contributed by atoms with Crippen LogP contribution in [-0.2, 0) is 6.54 Å². The minimum atomic E-state index is 0.549. The normalized spacial score (nSPS) is 23.9. The van der Waals surface area contributed by atoms with Gasteiger partial charge in [0, 0.05) is 19.1 Å². The molecular formula is C17H26N2O. The molecular weight excluding hydrogens is 248 g/mol. The lowest BCUT2D eigenvalue weighted by Gasteiger charge is -2.35. The van der Waals surface area contributed by atoms with Gasteiger partial charge in [-0.15, -0.1) is 0 Å². The van der Waals surface area contributed by atoms with Crippen LogP contribution in [0, 0.1) is 0 Å². The number of benzene rings is 1. The summed E-state index contributed by atoms with van der Waals surface area (Å²) in [4.78, 5) is 2.68. The minimum Gasteiger partial charge on any atom is -0.494 e. The van der Waals surface area contributed by atoms with E-state index < -0.39 is 0 Å². The number of fused-ring (bicyclic) bond motifs is 1. The molecule has 0 bridgehead atoms. The number of hydrogen-bond donors (Lipinski definition) is 1. The first-order valence-electron chi connectivity index (χ1n) is 8.09. The molecule has 3 heteroatoms. The average Bonchev–Trinajstić information content (AvgIpc) is 2.76. The van der Waals surface area contributed by atoms with Gasteiger partial charge in [0.2, 0.25) is 0 Å². The maximum Gasteiger partial charge on any atom is 0.119 e. The van der Waals surface area contributed by atoms with E-state index in [2.05, 4.69) is 28.4 Å². The van der Waals surface area contributed by atoms with Crippen molar-refractivity contribution in [2.75, 3.05) is 26.2 Å². The van der Waals surface area contributed by atoms with E-state index >= 15 is 0 Å². The Balaban J connectivity index is 1.81. The van der Waals surface area contributed by atoms with Crippen molar-refractivity contribution in [3.05, 3.63) is 29.3 Å². The van der Waals surface area contributed by atoms with E-state index in [0.29, 0.717) is 6.04 Å². The molecule has 0 spiro atoms. The van der Waals surface area contributed by atoms with E-state index in [1.165, 1.54) is 49.9 Å². The van der Waals surface area contributed by atoms with Gasteiger partial charge in [0.1, 0.15) is 5.75 Å². The zero-order valence-electron chi connectivity index (χ0n) is 12.5. The first-order chi connectivity index (χ1) is 9.88. The molecule has 0 unspecified atom stereocenters. The Morgan fingerprint density at radius 3 is 2.75 bits per heavy atom. The van der Waals surface area contributed by atoms with Crippen molar-refractivity contribution in [3.63, 3.8) is 0 Å². The molecule has 1 atom stereocenters. The minimum absolute atomic E-state index is 0.549. The van der Waals surface area contributed by atoms with Crippen molar-refractivity contribution < 1.29 is 4.74 Å². The molecule has 0 aliphatic carbocycles. The Hall–Kier alpha value is -1.06. The SMILES string of the molecule is CCOc1ccc2c(c1)CNC[C@@H]2N1CCCCCC1. The predicted octanol–water partition coefficient (Wildman–Crippen LogP) is 3.11. The van der Waals surface area contributed by atoms with E-state index in [4.69, 9.17) is 4.74 Å². The van der Waals surface area contributed by atoms with Crippen LogP contribution < -0.4 is 10.1 Å². The van der Waals surface area contributed by atoms with Gasteiger partial charge < -0.3 is 10.1 Å². The Labute approximate surface area is 122 Å². The summed E-state index contributed by atoms with van der Waals surface area (Å²) in [7, 11) is 0. The Bertz CT molecular complexity index is 439. The fourth-order valence-electron chi connectivity index (χ4n) is 3.50. The summed E-state index contributed by atoms with van der Waals surface area (Å²) in [5.41, 5.74) is 2.92. The molecule has 20 heavy (non-hydrogen) atoms. The van der Waals surface area contributed by atoms with Crippen LogP contribution in [0.1, 0.15) is 49.8 Å². The highest BCUT2D eigenvalue weighted by Gasteiger charge is 2.26. The molecule has 1 N–H and O–H groups in total. The molecule has 0 amide bonds. The molecule has 1 fully saturated rings. The smallest absolute Gasteiger partial charge is 0.119 e. The Kier molecular flexibility index (Phi) is 4.58. The van der Waals surface area contributed by atoms with Gasteiger partial charge in [-0.2, -0.15) is 0 Å². The molecule has 2 heterocycles. The van der Waals surface area contributed by atoms with Gasteiger partial charge in [-0.3, -0.25) is 4.90 Å². The summed E-state index contributed by atoms with van der Waals surface area (Å²) in [6.07, 6.45) is 5.49. The molecule has 2 aliphatic heterocycles. The molecule has 0 saturated carbocycles. The first kappa shape index (κ1) is 13.9. The highest BCUT2D eigenvalue weighted by molar-refractivity contribution is 5.39. The molecule has 3 rings (SSSR count). The number of ether oxygens (including phenoxy) is 1. The number of nitrogens with one attached hydrogen (secondary N) is 1. The average molecular weight is 274 g/mol. The first-order valence-corrected chi connectivity index (χ1v) is 8.09. The van der Waals surface area contributed by atoms with Gasteiger partial charge in [-0.1, -0.05) is 18.9 Å². The summed E-state index contributed by atoms with van der Waals surface area (Å²) in [5, 5.41) is 3.58. The van der Waals surface area contributed by atoms with Gasteiger partial charge in [-0.25, -0.2) is 0 Å². The fourth-order valence-corrected chi connectivity index (χ4v) is 3.50. The van der Waals surface area contributed by atoms with Crippen LogP contribution in [0.15, 0.2) is 18.2 Å². The molecule has 1 aromatic carbocycles. The quantitative estimate of drug-likeness (QED) is 0.916. The molecule has 1 aromatic rings. The molecule has 1 saturated heterocycles. The highest BCUT2D eigenvalue weighted by Crippen LogP contribution is 2.31. The fraction of sp³-hybridized carbons (Fsp3) is 0.647. The molecule has 0 radical (unpaired) electrons. The van der Waals surface area contributed by atoms with Gasteiger partial charge in [-0.05, 0) is 56.1 Å². The van der Waals surface area contributed by atoms with Crippen LogP contribution in [-0.4, -0.2) is 31.1 Å². The summed E-state index contributed by atoms with van der Waals surface area (Å²) >= 11 is 0. The van der Waals surface area contributed by atoms with Crippen LogP contribution in [0.2, 0.25) is 0 Å². The number of nitrogens with zero attached hydrogens (tertiary/aromatic N) is 1. The third-order valence-electron chi connectivity index (χ3n) is 4.52. The third-order valence-corrected chi connectivity index (χ3v) is 4.52. The standard InChI is InChI=1S/C17H26N2O/c1-2-20-15-7-8-16-14(11-15)12-18-13-17(16)19-9-5-3-4-6-10-19/h7-8,11,17-18H,2-6,9-10,12-13H2,1H3/t17-/m0/s1. The van der Waals surface area contributed by atoms with Crippen LogP contribution in [0.5, 0.6) is 5.75 Å². The van der Waals surface area contributed by atoms with Crippen molar-refractivity contribution in [1.29, 1.82) is 0 Å². The van der Waals surface area contributed by atoms with Gasteiger partial charge in [0.25, 0.3) is 0 Å². The second-order valence-corrected chi connectivity index (χ2v) is 5.89. The lowest BCUT2D eigenvalue weighted by Crippen LogP contribution is -2.40. The van der Waals surface area contributed by atoms with Crippen molar-refractivity contribution in [1.82, 2.24) is 10.2 Å². The van der Waals surface area contributed by atoms with Crippen molar-refractivity contribution >= 4 is 0 Å². The van der Waals surface area contributed by atoms with Gasteiger partial charge in [0.15, 0.2) is 0 Å². The topological polar surface area (TPSA) is 24.5 Å². The molecule has 0 aromatic heterocycles. The maximum absolute atomic E-state index is 5.63. The van der Waals surface area contributed by atoms with Crippen LogP contribution >= 0.6 is 0 Å². The number of likely N-dealkylation sites (tertiary alicyclic amines) is 1. The Morgan fingerprint density at radius 2 is 2.00 bits per heavy atom. The van der Waals surface area contributed by atoms with E-state index in [9.17, 15) is 0 Å². The van der Waals surface area contributed by atoms with Gasteiger partial charge >= 0.3 is 0 Å². The molecule has 2 aliphatic rings. The third kappa shape index (κ3) is 2.99. The van der Waals surface area contributed by atoms with E-state index in [0.717, 1.165) is 25.4 Å². The van der Waals surface area contributed by atoms with Crippen LogP contribution in [0.4, 0.5) is 0 Å². The van der Waals surface area contributed by atoms with Crippen LogP contribution in [0.3, 0.4) is 0 Å². The highest BCUT2D eigenvalue weighted by atomic mass is 16.5. The zero-order chi connectivity index (χ0) is 13.8. The summed E-state index contributed by atoms with van der Waals surface area (Å²) < 4.78 is 5.63. The van der Waals surface area contributed by atoms with Crippen molar-refractivity contribution in [2.24, 2.45) is 0 Å². The number of hydrogen-bond acceptors (Lipinski definition) is 3. The molecule has 3 nitrogen and oxygen atoms in total. The largest absolute Gasteiger partial charge is 0.494 e. The summed E-state index contributed by atoms with van der Waals surface area (Å²) in [6.45, 7) is 7.33. The lowest BCUT2D eigenvalue weighted by molar-refractivity contribution is 0.192. The predicted molar refractivity (Wildman–Crippen MR) is 82.1 cm³/mol. The van der Waals surface area contributed by atoms with E-state index in [-0.39, 0.29) is 0 Å². The zero-order valence-corrected chi connectivity index (χ0v) is 12.5. The van der Waals surface area contributed by atoms with Crippen molar-refractivity contribution in [2.45, 2.75) is 45.2 Å². The summed E-state index contributed by atoms with van der Waals surface area (Å²) in [5.74, 6) is 1.00. The van der Waals surface area contributed by atoms with Crippen molar-refractivity contribution in [3.8, 4) is 5.75 Å². The van der Waals surface area contributed by atoms with Gasteiger partial charge in [0.05, 0.1) is 6.61 Å². The van der Waals surface area contributed by atoms with E-state index in [1.807, 2.05) is 6.92 Å².